The molecule has 0 saturated carbocycles. The molecule has 122 valence electrons. The summed E-state index contributed by atoms with van der Waals surface area (Å²) in [6.45, 7) is 5.64. The molecule has 0 bridgehead atoms. The molecule has 0 amide bonds. The van der Waals surface area contributed by atoms with E-state index in [1.54, 1.807) is 0 Å². The van der Waals surface area contributed by atoms with E-state index in [2.05, 4.69) is 10.2 Å². The summed E-state index contributed by atoms with van der Waals surface area (Å²) >= 11 is 0. The van der Waals surface area contributed by atoms with E-state index >= 15 is 0 Å². The van der Waals surface area contributed by atoms with E-state index in [1.165, 1.54) is 25.7 Å². The van der Waals surface area contributed by atoms with E-state index in [4.69, 9.17) is 15.3 Å². The van der Waals surface area contributed by atoms with Crippen LogP contribution in [0.3, 0.4) is 0 Å². The first-order valence-corrected chi connectivity index (χ1v) is 8.10. The zero-order chi connectivity index (χ0) is 14.9. The van der Waals surface area contributed by atoms with Crippen LogP contribution in [-0.4, -0.2) is 72.8 Å². The molecule has 0 aliphatic rings. The van der Waals surface area contributed by atoms with Crippen LogP contribution in [0.15, 0.2) is 0 Å². The third kappa shape index (κ3) is 14.2. The molecule has 0 aliphatic carbocycles. The second kappa shape index (κ2) is 16.9. The zero-order valence-electron chi connectivity index (χ0n) is 12.9. The standard InChI is InChI=1S/C15H34N2O3/c18-13-5-9-16-8-3-1-2-4-10-17(11-6-14-19)12-7-15-20/h16,18-20H,1-15H2. The van der Waals surface area contributed by atoms with Gasteiger partial charge in [-0.3, -0.25) is 0 Å². The van der Waals surface area contributed by atoms with Crippen LogP contribution in [-0.2, 0) is 0 Å². The van der Waals surface area contributed by atoms with Crippen LogP contribution in [0.5, 0.6) is 0 Å². The molecular formula is C15H34N2O3. The Kier molecular flexibility index (Phi) is 16.7. The molecule has 20 heavy (non-hydrogen) atoms. The van der Waals surface area contributed by atoms with Crippen molar-refractivity contribution in [1.82, 2.24) is 10.2 Å². The molecule has 5 nitrogen and oxygen atoms in total. The summed E-state index contributed by atoms with van der Waals surface area (Å²) in [6.07, 6.45) is 7.33. The minimum Gasteiger partial charge on any atom is -0.396 e. The number of hydrogen-bond donors (Lipinski definition) is 4. The van der Waals surface area contributed by atoms with Gasteiger partial charge in [0.05, 0.1) is 0 Å². The lowest BCUT2D eigenvalue weighted by atomic mass is 10.2. The van der Waals surface area contributed by atoms with Crippen molar-refractivity contribution < 1.29 is 15.3 Å². The van der Waals surface area contributed by atoms with Crippen molar-refractivity contribution in [3.05, 3.63) is 0 Å². The van der Waals surface area contributed by atoms with Crippen molar-refractivity contribution >= 4 is 0 Å². The maximum absolute atomic E-state index is 8.87. The van der Waals surface area contributed by atoms with Gasteiger partial charge in [0.1, 0.15) is 0 Å². The SMILES string of the molecule is OCCCNCCCCCCN(CCCO)CCCO. The molecule has 0 spiro atoms. The largest absolute Gasteiger partial charge is 0.396 e. The molecule has 0 atom stereocenters. The van der Waals surface area contributed by atoms with Crippen molar-refractivity contribution in [2.75, 3.05) is 52.5 Å². The van der Waals surface area contributed by atoms with Crippen molar-refractivity contribution in [3.8, 4) is 0 Å². The molecule has 5 heteroatoms. The third-order valence-corrected chi connectivity index (χ3v) is 3.35. The first kappa shape index (κ1) is 19.8. The van der Waals surface area contributed by atoms with Gasteiger partial charge in [0.2, 0.25) is 0 Å². The maximum Gasteiger partial charge on any atom is 0.0443 e. The number of rotatable bonds is 16. The lowest BCUT2D eigenvalue weighted by molar-refractivity contribution is 0.199. The Morgan fingerprint density at radius 1 is 0.550 bits per heavy atom. The van der Waals surface area contributed by atoms with Crippen LogP contribution in [0.4, 0.5) is 0 Å². The lowest BCUT2D eigenvalue weighted by Gasteiger charge is -2.21. The predicted octanol–water partition coefficient (Wildman–Crippen LogP) is 0.586. The highest BCUT2D eigenvalue weighted by Gasteiger charge is 2.03. The first-order valence-electron chi connectivity index (χ1n) is 8.10. The summed E-state index contributed by atoms with van der Waals surface area (Å²) < 4.78 is 0. The quantitative estimate of drug-likeness (QED) is 0.313. The van der Waals surface area contributed by atoms with Gasteiger partial charge >= 0.3 is 0 Å². The highest BCUT2D eigenvalue weighted by Crippen LogP contribution is 2.03. The molecular weight excluding hydrogens is 256 g/mol. The van der Waals surface area contributed by atoms with Crippen LogP contribution >= 0.6 is 0 Å². The first-order chi connectivity index (χ1) is 9.85. The molecule has 0 heterocycles. The lowest BCUT2D eigenvalue weighted by Crippen LogP contribution is -2.28. The molecule has 0 fully saturated rings. The maximum atomic E-state index is 8.87. The number of hydrogen-bond acceptors (Lipinski definition) is 5. The van der Waals surface area contributed by atoms with Gasteiger partial charge < -0.3 is 25.5 Å². The summed E-state index contributed by atoms with van der Waals surface area (Å²) in [7, 11) is 0. The summed E-state index contributed by atoms with van der Waals surface area (Å²) in [5.41, 5.74) is 0. The summed E-state index contributed by atoms with van der Waals surface area (Å²) in [6, 6.07) is 0. The Morgan fingerprint density at radius 3 is 1.65 bits per heavy atom. The molecule has 0 saturated heterocycles. The highest BCUT2D eigenvalue weighted by atomic mass is 16.3. The van der Waals surface area contributed by atoms with Gasteiger partial charge in [0.15, 0.2) is 0 Å². The Morgan fingerprint density at radius 2 is 1.05 bits per heavy atom. The van der Waals surface area contributed by atoms with E-state index < -0.39 is 0 Å². The van der Waals surface area contributed by atoms with Crippen molar-refractivity contribution in [1.29, 1.82) is 0 Å². The average Bonchev–Trinajstić information content (AvgIpc) is 2.47. The minimum absolute atomic E-state index is 0.245. The molecule has 4 N–H and O–H groups in total. The zero-order valence-corrected chi connectivity index (χ0v) is 12.9. The van der Waals surface area contributed by atoms with E-state index in [0.29, 0.717) is 0 Å². The number of nitrogens with zero attached hydrogens (tertiary/aromatic N) is 1. The van der Waals surface area contributed by atoms with E-state index in [1.807, 2.05) is 0 Å². The van der Waals surface area contributed by atoms with Gasteiger partial charge in [-0.05, 0) is 51.7 Å². The molecule has 0 aromatic heterocycles. The van der Waals surface area contributed by atoms with Gasteiger partial charge in [0, 0.05) is 32.9 Å². The molecule has 0 aromatic rings. The number of unbranched alkanes of at least 4 members (excludes halogenated alkanes) is 3. The topological polar surface area (TPSA) is 76.0 Å². The smallest absolute Gasteiger partial charge is 0.0443 e. The van der Waals surface area contributed by atoms with Gasteiger partial charge in [0.25, 0.3) is 0 Å². The number of aliphatic hydroxyl groups excluding tert-OH is 3. The molecule has 0 rings (SSSR count). The Balaban J connectivity index is 3.38. The van der Waals surface area contributed by atoms with Gasteiger partial charge in [-0.1, -0.05) is 12.8 Å². The van der Waals surface area contributed by atoms with Gasteiger partial charge in [-0.2, -0.15) is 0 Å². The average molecular weight is 290 g/mol. The summed E-state index contributed by atoms with van der Waals surface area (Å²) in [5, 5.41) is 29.7. The highest BCUT2D eigenvalue weighted by molar-refractivity contribution is 4.59. The fourth-order valence-corrected chi connectivity index (χ4v) is 2.19. The fraction of sp³-hybridized carbons (Fsp3) is 1.00. The normalized spacial score (nSPS) is 11.4. The Bertz CT molecular complexity index is 175. The van der Waals surface area contributed by atoms with Gasteiger partial charge in [-0.15, -0.1) is 0 Å². The van der Waals surface area contributed by atoms with Crippen molar-refractivity contribution in [3.63, 3.8) is 0 Å². The number of nitrogens with one attached hydrogen (secondary N) is 1. The Hall–Kier alpha value is -0.200. The second-order valence-corrected chi connectivity index (χ2v) is 5.24. The summed E-state index contributed by atoms with van der Waals surface area (Å²) in [5.74, 6) is 0. The van der Waals surface area contributed by atoms with Crippen LogP contribution in [0, 0.1) is 0 Å². The van der Waals surface area contributed by atoms with E-state index in [-0.39, 0.29) is 19.8 Å². The van der Waals surface area contributed by atoms with Crippen LogP contribution in [0.2, 0.25) is 0 Å². The molecule has 0 aliphatic heterocycles. The van der Waals surface area contributed by atoms with Gasteiger partial charge in [-0.25, -0.2) is 0 Å². The second-order valence-electron chi connectivity index (χ2n) is 5.24. The third-order valence-electron chi connectivity index (χ3n) is 3.35. The van der Waals surface area contributed by atoms with Crippen LogP contribution in [0.1, 0.15) is 44.9 Å². The van der Waals surface area contributed by atoms with Crippen molar-refractivity contribution in [2.24, 2.45) is 0 Å². The number of aliphatic hydroxyl groups is 3. The summed E-state index contributed by atoms with van der Waals surface area (Å²) in [4.78, 5) is 2.34. The molecule has 0 unspecified atom stereocenters. The Labute approximate surface area is 124 Å². The van der Waals surface area contributed by atoms with E-state index in [0.717, 1.165) is 52.0 Å². The molecule has 0 aromatic carbocycles. The van der Waals surface area contributed by atoms with E-state index in [9.17, 15) is 0 Å². The van der Waals surface area contributed by atoms with Crippen LogP contribution in [0.25, 0.3) is 0 Å². The van der Waals surface area contributed by atoms with Crippen LogP contribution < -0.4 is 5.32 Å². The monoisotopic (exact) mass is 290 g/mol. The minimum atomic E-state index is 0.245. The molecule has 0 radical (unpaired) electrons. The fourth-order valence-electron chi connectivity index (χ4n) is 2.19. The predicted molar refractivity (Wildman–Crippen MR) is 82.9 cm³/mol. The van der Waals surface area contributed by atoms with Crippen molar-refractivity contribution in [2.45, 2.75) is 44.9 Å².